The predicted molar refractivity (Wildman–Crippen MR) is 226 cm³/mol. The molecule has 6 rings (SSSR count). The standard InChI is InChI=1S/C20H19F3N4O3S2.C18H15F3N4O2S2/c1-10-5-6-14(29-2)13(7-10)25-15-8-12(11(9-24-15)20(21,22)23)26-17-16(18(28)30-3)32-19(27-17)31-4;1-27-16(26)14-15(25-17(28-2)29-14)24-12-8-13(22-9-11(12)18(19,20)21)23-10-6-4-3-5-7-10/h5-9H,1-4H3,(H2,24,25,26);3-9H,1-2H3,(H2,22,23,24). The summed E-state index contributed by atoms with van der Waals surface area (Å²) in [6, 6.07) is 16.7. The molecule has 4 N–H and O–H groups in total. The van der Waals surface area contributed by atoms with Gasteiger partial charge in [0.1, 0.15) is 17.4 Å². The van der Waals surface area contributed by atoms with E-state index >= 15 is 0 Å². The third-order valence-electron chi connectivity index (χ3n) is 7.89. The number of anilines is 8. The highest BCUT2D eigenvalue weighted by molar-refractivity contribution is 8.00. The van der Waals surface area contributed by atoms with Crippen molar-refractivity contribution in [2.75, 3.05) is 55.1 Å². The van der Waals surface area contributed by atoms with Crippen molar-refractivity contribution in [3.63, 3.8) is 0 Å². The van der Waals surface area contributed by atoms with Gasteiger partial charge in [0, 0.05) is 30.2 Å². The monoisotopic (exact) mass is 924 g/mol. The van der Waals surface area contributed by atoms with Gasteiger partial charge in [0.05, 0.1) is 49.5 Å². The van der Waals surface area contributed by atoms with Crippen LogP contribution in [0.3, 0.4) is 0 Å². The van der Waals surface area contributed by atoms with Gasteiger partial charge in [0.25, 0.3) is 0 Å². The number of hydrogen-bond acceptors (Lipinski definition) is 17. The Hall–Kier alpha value is -5.78. The SMILES string of the molecule is COC(=O)c1sc(SC)nc1Nc1cc(Nc2cc(C)ccc2OC)ncc1C(F)(F)F.COC(=O)c1sc(SC)nc1Nc1cc(Nc2ccccc2)ncc1C(F)(F)F. The number of pyridine rings is 2. The van der Waals surface area contributed by atoms with Gasteiger partial charge in [-0.1, -0.05) is 70.5 Å². The Labute approximate surface area is 361 Å². The van der Waals surface area contributed by atoms with Gasteiger partial charge in [0.15, 0.2) is 30.1 Å². The molecule has 0 amide bonds. The molecule has 0 spiro atoms. The molecule has 322 valence electrons. The predicted octanol–water partition coefficient (Wildman–Crippen LogP) is 11.4. The Kier molecular flexibility index (Phi) is 15.3. The third-order valence-corrected chi connectivity index (χ3v) is 11.9. The van der Waals surface area contributed by atoms with Crippen LogP contribution in [0.2, 0.25) is 0 Å². The highest BCUT2D eigenvalue weighted by atomic mass is 32.2. The summed E-state index contributed by atoms with van der Waals surface area (Å²) < 4.78 is 97.2. The molecule has 61 heavy (non-hydrogen) atoms. The number of ether oxygens (including phenoxy) is 3. The highest BCUT2D eigenvalue weighted by Gasteiger charge is 2.36. The average molecular weight is 925 g/mol. The van der Waals surface area contributed by atoms with Gasteiger partial charge in [-0.3, -0.25) is 0 Å². The maximum Gasteiger partial charge on any atom is 0.419 e. The van der Waals surface area contributed by atoms with Crippen molar-refractivity contribution in [2.45, 2.75) is 28.0 Å². The number of aromatic nitrogens is 4. The van der Waals surface area contributed by atoms with E-state index < -0.39 is 35.4 Å². The number of thioether (sulfide) groups is 2. The lowest BCUT2D eigenvalue weighted by atomic mass is 10.2. The number of benzene rings is 2. The van der Waals surface area contributed by atoms with Crippen molar-refractivity contribution in [1.82, 2.24) is 19.9 Å². The molecule has 0 aliphatic carbocycles. The first kappa shape index (κ1) is 46.3. The molecule has 0 aliphatic heterocycles. The number of para-hydroxylation sites is 1. The number of esters is 2. The van der Waals surface area contributed by atoms with E-state index in [1.807, 2.05) is 19.1 Å². The minimum absolute atomic E-state index is 0.00596. The lowest BCUT2D eigenvalue weighted by molar-refractivity contribution is -0.138. The third kappa shape index (κ3) is 12.0. The van der Waals surface area contributed by atoms with E-state index in [4.69, 9.17) is 14.2 Å². The summed E-state index contributed by atoms with van der Waals surface area (Å²) in [6.07, 6.45) is -4.39. The molecule has 0 saturated carbocycles. The fourth-order valence-electron chi connectivity index (χ4n) is 5.10. The van der Waals surface area contributed by atoms with Crippen LogP contribution in [0, 0.1) is 6.92 Å². The number of hydrogen-bond donors (Lipinski definition) is 4. The summed E-state index contributed by atoms with van der Waals surface area (Å²) in [5.41, 5.74) is -0.454. The number of nitrogens with one attached hydrogen (secondary N) is 4. The normalized spacial score (nSPS) is 11.2. The van der Waals surface area contributed by atoms with Crippen molar-refractivity contribution < 1.29 is 50.1 Å². The number of carbonyl (C=O) groups excluding carboxylic acids is 2. The molecule has 4 aromatic heterocycles. The number of thiazole rings is 2. The smallest absolute Gasteiger partial charge is 0.419 e. The first-order valence-corrected chi connectivity index (χ1v) is 21.2. The summed E-state index contributed by atoms with van der Waals surface area (Å²) in [5, 5.41) is 11.2. The molecule has 0 unspecified atom stereocenters. The molecule has 2 aromatic carbocycles. The Morgan fingerprint density at radius 3 is 1.54 bits per heavy atom. The van der Waals surface area contributed by atoms with Crippen molar-refractivity contribution >= 4 is 104 Å². The van der Waals surface area contributed by atoms with E-state index in [1.54, 1.807) is 48.9 Å². The van der Waals surface area contributed by atoms with Crippen LogP contribution in [0.5, 0.6) is 5.75 Å². The lowest BCUT2D eigenvalue weighted by Gasteiger charge is -2.16. The molecular formula is C38H34F6N8O5S4. The number of nitrogens with zero attached hydrogens (tertiary/aromatic N) is 4. The molecule has 0 atom stereocenters. The number of aryl methyl sites for hydroxylation is 1. The van der Waals surface area contributed by atoms with Crippen LogP contribution in [0.1, 0.15) is 36.0 Å². The molecule has 0 bridgehead atoms. The Balaban J connectivity index is 0.000000232. The Bertz CT molecular complexity index is 2490. The maximum absolute atomic E-state index is 13.6. The topological polar surface area (TPSA) is 162 Å². The van der Waals surface area contributed by atoms with Crippen LogP contribution >= 0.6 is 46.2 Å². The fraction of sp³-hybridized carbons (Fsp3) is 0.211. The first-order valence-electron chi connectivity index (χ1n) is 17.2. The first-order chi connectivity index (χ1) is 29.0. The largest absolute Gasteiger partial charge is 0.495 e. The summed E-state index contributed by atoms with van der Waals surface area (Å²) in [5.74, 6) is -0.568. The second kappa shape index (κ2) is 20.2. The molecule has 4 heterocycles. The van der Waals surface area contributed by atoms with E-state index in [9.17, 15) is 35.9 Å². The molecule has 0 radical (unpaired) electrons. The van der Waals surface area contributed by atoms with Crippen LogP contribution in [0.4, 0.5) is 72.4 Å². The van der Waals surface area contributed by atoms with Gasteiger partial charge in [-0.15, -0.1) is 0 Å². The van der Waals surface area contributed by atoms with E-state index in [0.29, 0.717) is 32.0 Å². The van der Waals surface area contributed by atoms with E-state index in [0.717, 1.165) is 34.4 Å². The van der Waals surface area contributed by atoms with E-state index in [2.05, 4.69) is 41.2 Å². The summed E-state index contributed by atoms with van der Waals surface area (Å²) in [4.78, 5) is 40.4. The number of alkyl halides is 6. The second-order valence-electron chi connectivity index (χ2n) is 12.0. The van der Waals surface area contributed by atoms with Gasteiger partial charge >= 0.3 is 24.3 Å². The van der Waals surface area contributed by atoms with Crippen LogP contribution < -0.4 is 26.0 Å². The number of rotatable bonds is 13. The molecule has 0 fully saturated rings. The second-order valence-corrected chi connectivity index (χ2v) is 16.1. The fourth-order valence-corrected chi connectivity index (χ4v) is 7.97. The van der Waals surface area contributed by atoms with Crippen LogP contribution in [0.15, 0.2) is 81.7 Å². The van der Waals surface area contributed by atoms with Gasteiger partial charge in [-0.25, -0.2) is 29.5 Å². The van der Waals surface area contributed by atoms with E-state index in [-0.39, 0.29) is 44.4 Å². The van der Waals surface area contributed by atoms with Crippen molar-refractivity contribution in [3.05, 3.63) is 99.5 Å². The van der Waals surface area contributed by atoms with Gasteiger partial charge in [-0.2, -0.15) is 26.3 Å². The van der Waals surface area contributed by atoms with Crippen molar-refractivity contribution in [1.29, 1.82) is 0 Å². The molecular weight excluding hydrogens is 891 g/mol. The summed E-state index contributed by atoms with van der Waals surface area (Å²) >= 11 is 4.59. The number of halogens is 6. The Morgan fingerprint density at radius 2 is 1.11 bits per heavy atom. The van der Waals surface area contributed by atoms with Crippen LogP contribution in [-0.2, 0) is 21.8 Å². The minimum Gasteiger partial charge on any atom is -0.495 e. The zero-order chi connectivity index (χ0) is 44.5. The average Bonchev–Trinajstić information content (AvgIpc) is 3.84. The van der Waals surface area contributed by atoms with Crippen LogP contribution in [-0.4, -0.2) is 65.7 Å². The molecule has 0 aliphatic rings. The zero-order valence-corrected chi connectivity index (χ0v) is 35.9. The highest BCUT2D eigenvalue weighted by Crippen LogP contribution is 2.41. The van der Waals surface area contributed by atoms with Crippen molar-refractivity contribution in [3.8, 4) is 5.75 Å². The maximum atomic E-state index is 13.6. The van der Waals surface area contributed by atoms with Crippen LogP contribution in [0.25, 0.3) is 0 Å². The number of methoxy groups -OCH3 is 3. The zero-order valence-electron chi connectivity index (χ0n) is 32.7. The molecule has 23 heteroatoms. The quantitative estimate of drug-likeness (QED) is 0.0491. The molecule has 13 nitrogen and oxygen atoms in total. The summed E-state index contributed by atoms with van der Waals surface area (Å²) in [6.45, 7) is 1.87. The number of carbonyl (C=O) groups is 2. The Morgan fingerprint density at radius 1 is 0.639 bits per heavy atom. The molecule has 6 aromatic rings. The summed E-state index contributed by atoms with van der Waals surface area (Å²) in [7, 11) is 3.87. The van der Waals surface area contributed by atoms with Gasteiger partial charge in [-0.05, 0) is 49.3 Å². The van der Waals surface area contributed by atoms with Gasteiger partial charge < -0.3 is 35.5 Å². The molecule has 0 saturated heterocycles. The van der Waals surface area contributed by atoms with Crippen molar-refractivity contribution in [2.24, 2.45) is 0 Å². The van der Waals surface area contributed by atoms with E-state index in [1.165, 1.54) is 57.0 Å². The minimum atomic E-state index is -4.68. The lowest BCUT2D eigenvalue weighted by Crippen LogP contribution is -2.12. The van der Waals surface area contributed by atoms with Gasteiger partial charge in [0.2, 0.25) is 0 Å².